The van der Waals surface area contributed by atoms with E-state index in [4.69, 9.17) is 16.7 Å². The van der Waals surface area contributed by atoms with Gasteiger partial charge < -0.3 is 5.11 Å². The van der Waals surface area contributed by atoms with Gasteiger partial charge in [-0.25, -0.2) is 9.78 Å². The van der Waals surface area contributed by atoms with Gasteiger partial charge in [0.15, 0.2) is 0 Å². The molecule has 0 aliphatic rings. The molecule has 1 aromatic carbocycles. The number of hydrogen-bond donors (Lipinski definition) is 1. The summed E-state index contributed by atoms with van der Waals surface area (Å²) in [6.45, 7) is 0. The minimum absolute atomic E-state index is 0.334. The molecule has 0 saturated carbocycles. The van der Waals surface area contributed by atoms with Crippen LogP contribution in [0.5, 0.6) is 0 Å². The Morgan fingerprint density at radius 3 is 2.86 bits per heavy atom. The predicted molar refractivity (Wildman–Crippen MR) is 49.3 cm³/mol. The molecule has 1 aromatic heterocycles. The van der Waals surface area contributed by atoms with Gasteiger partial charge in [-0.05, 0) is 12.1 Å². The second kappa shape index (κ2) is 3.19. The second-order valence-electron chi connectivity index (χ2n) is 2.55. The van der Waals surface area contributed by atoms with Gasteiger partial charge in [-0.15, -0.1) is 10.2 Å². The largest absolute Gasteiger partial charge is 0.475 e. The number of nitrogens with zero attached hydrogens (tertiary/aromatic N) is 3. The van der Waals surface area contributed by atoms with Crippen molar-refractivity contribution in [3.63, 3.8) is 0 Å². The predicted octanol–water partition coefficient (Wildman–Crippen LogP) is 1.38. The Morgan fingerprint density at radius 1 is 1.36 bits per heavy atom. The molecular weight excluding hydrogens is 206 g/mol. The van der Waals surface area contributed by atoms with E-state index >= 15 is 0 Å². The van der Waals surface area contributed by atoms with Crippen LogP contribution in [0.15, 0.2) is 18.2 Å². The maximum absolute atomic E-state index is 10.5. The number of carboxylic acids is 1. The minimum Gasteiger partial charge on any atom is -0.475 e. The van der Waals surface area contributed by atoms with E-state index in [0.29, 0.717) is 16.1 Å². The molecule has 6 heteroatoms. The molecule has 0 bridgehead atoms. The quantitative estimate of drug-likeness (QED) is 0.768. The summed E-state index contributed by atoms with van der Waals surface area (Å²) in [5, 5.41) is 16.1. The third-order valence-electron chi connectivity index (χ3n) is 1.63. The summed E-state index contributed by atoms with van der Waals surface area (Å²) in [4.78, 5) is 14.3. The highest BCUT2D eigenvalue weighted by Gasteiger charge is 2.09. The highest BCUT2D eigenvalue weighted by molar-refractivity contribution is 6.34. The number of halogens is 1. The second-order valence-corrected chi connectivity index (χ2v) is 2.96. The van der Waals surface area contributed by atoms with Gasteiger partial charge in [-0.1, -0.05) is 17.7 Å². The number of fused-ring (bicyclic) bond motifs is 1. The third-order valence-corrected chi connectivity index (χ3v) is 1.93. The fourth-order valence-electron chi connectivity index (χ4n) is 1.02. The van der Waals surface area contributed by atoms with E-state index in [1.54, 1.807) is 18.2 Å². The molecule has 70 valence electrons. The van der Waals surface area contributed by atoms with E-state index in [-0.39, 0.29) is 5.82 Å². The Bertz CT molecular complexity index is 515. The van der Waals surface area contributed by atoms with Crippen molar-refractivity contribution in [2.75, 3.05) is 0 Å². The Morgan fingerprint density at radius 2 is 2.14 bits per heavy atom. The lowest BCUT2D eigenvalue weighted by Gasteiger charge is -1.97. The topological polar surface area (TPSA) is 76.0 Å². The first-order valence-corrected chi connectivity index (χ1v) is 4.08. The summed E-state index contributed by atoms with van der Waals surface area (Å²) < 4.78 is 0. The first kappa shape index (κ1) is 8.83. The molecule has 0 aliphatic carbocycles. The van der Waals surface area contributed by atoms with E-state index in [9.17, 15) is 4.79 Å². The van der Waals surface area contributed by atoms with Crippen molar-refractivity contribution in [3.05, 3.63) is 29.0 Å². The fraction of sp³-hybridized carbons (Fsp3) is 0. The van der Waals surface area contributed by atoms with Crippen LogP contribution in [0.2, 0.25) is 5.02 Å². The summed E-state index contributed by atoms with van der Waals surface area (Å²) in [6.07, 6.45) is 0. The number of hydrogen-bond acceptors (Lipinski definition) is 4. The van der Waals surface area contributed by atoms with Crippen molar-refractivity contribution in [2.45, 2.75) is 0 Å². The van der Waals surface area contributed by atoms with Crippen LogP contribution in [0.25, 0.3) is 11.0 Å². The number of carbonyl (C=O) groups is 1. The zero-order valence-electron chi connectivity index (χ0n) is 6.81. The van der Waals surface area contributed by atoms with E-state index in [2.05, 4.69) is 15.2 Å². The highest BCUT2D eigenvalue weighted by Crippen LogP contribution is 2.18. The van der Waals surface area contributed by atoms with Crippen LogP contribution >= 0.6 is 11.6 Å². The molecule has 0 fully saturated rings. The highest BCUT2D eigenvalue weighted by atomic mass is 35.5. The van der Waals surface area contributed by atoms with Crippen molar-refractivity contribution in [3.8, 4) is 0 Å². The molecule has 5 nitrogen and oxygen atoms in total. The lowest BCUT2D eigenvalue weighted by molar-refractivity contribution is 0.0682. The van der Waals surface area contributed by atoms with Gasteiger partial charge in [0.2, 0.25) is 0 Å². The third kappa shape index (κ3) is 1.38. The average Bonchev–Trinajstić information content (AvgIpc) is 2.17. The molecule has 2 rings (SSSR count). The van der Waals surface area contributed by atoms with Gasteiger partial charge >= 0.3 is 5.97 Å². The van der Waals surface area contributed by atoms with Crippen LogP contribution in [0.3, 0.4) is 0 Å². The summed E-state index contributed by atoms with van der Waals surface area (Å²) in [5.74, 6) is -1.54. The molecule has 0 aliphatic heterocycles. The maximum Gasteiger partial charge on any atom is 0.375 e. The fourth-order valence-corrected chi connectivity index (χ4v) is 1.22. The van der Waals surface area contributed by atoms with Crippen LogP contribution in [-0.2, 0) is 0 Å². The molecule has 0 radical (unpaired) electrons. The van der Waals surface area contributed by atoms with Gasteiger partial charge in [0.1, 0.15) is 5.52 Å². The lowest BCUT2D eigenvalue weighted by atomic mass is 10.3. The van der Waals surface area contributed by atoms with Crippen LogP contribution < -0.4 is 0 Å². The zero-order valence-corrected chi connectivity index (χ0v) is 7.56. The van der Waals surface area contributed by atoms with Crippen LogP contribution in [0.1, 0.15) is 10.6 Å². The number of aromatic carboxylic acids is 1. The number of aromatic nitrogens is 3. The normalized spacial score (nSPS) is 10.4. The summed E-state index contributed by atoms with van der Waals surface area (Å²) in [7, 11) is 0. The van der Waals surface area contributed by atoms with Crippen molar-refractivity contribution >= 4 is 28.6 Å². The number of rotatable bonds is 1. The van der Waals surface area contributed by atoms with Gasteiger partial charge in [0, 0.05) is 0 Å². The summed E-state index contributed by atoms with van der Waals surface area (Å²) in [5.41, 5.74) is 0.823. The van der Waals surface area contributed by atoms with E-state index < -0.39 is 5.97 Å². The molecule has 0 unspecified atom stereocenters. The lowest BCUT2D eigenvalue weighted by Crippen LogP contribution is -2.05. The first-order chi connectivity index (χ1) is 6.68. The Labute approximate surface area is 83.4 Å². The molecule has 0 atom stereocenters. The van der Waals surface area contributed by atoms with E-state index in [1.165, 1.54) is 0 Å². The molecule has 0 saturated heterocycles. The van der Waals surface area contributed by atoms with Gasteiger partial charge in [-0.3, -0.25) is 0 Å². The van der Waals surface area contributed by atoms with Gasteiger partial charge in [0.05, 0.1) is 10.5 Å². The van der Waals surface area contributed by atoms with E-state index in [1.807, 2.05) is 0 Å². The summed E-state index contributed by atoms with van der Waals surface area (Å²) >= 11 is 5.80. The van der Waals surface area contributed by atoms with Crippen LogP contribution in [0, 0.1) is 0 Å². The van der Waals surface area contributed by atoms with Crippen LogP contribution in [-0.4, -0.2) is 26.3 Å². The van der Waals surface area contributed by atoms with Crippen LogP contribution in [0.4, 0.5) is 0 Å². The Hall–Kier alpha value is -1.75. The number of benzene rings is 1. The maximum atomic E-state index is 10.5. The van der Waals surface area contributed by atoms with Crippen molar-refractivity contribution in [1.29, 1.82) is 0 Å². The SMILES string of the molecule is O=C(O)c1nnc2c(Cl)cccc2n1. The monoisotopic (exact) mass is 209 g/mol. The molecule has 14 heavy (non-hydrogen) atoms. The minimum atomic E-state index is -1.21. The smallest absolute Gasteiger partial charge is 0.375 e. The van der Waals surface area contributed by atoms with Gasteiger partial charge in [0.25, 0.3) is 5.82 Å². The van der Waals surface area contributed by atoms with Crippen molar-refractivity contribution in [2.24, 2.45) is 0 Å². The van der Waals surface area contributed by atoms with Crippen molar-refractivity contribution < 1.29 is 9.90 Å². The standard InChI is InChI=1S/C8H4ClN3O2/c9-4-2-1-3-5-6(4)11-12-7(10-5)8(13)14/h1-3H,(H,13,14). The van der Waals surface area contributed by atoms with Gasteiger partial charge in [-0.2, -0.15) is 0 Å². The molecular formula is C8H4ClN3O2. The molecule has 2 aromatic rings. The molecule has 1 N–H and O–H groups in total. The first-order valence-electron chi connectivity index (χ1n) is 3.71. The molecule has 1 heterocycles. The number of carboxylic acid groups (broad SMARTS) is 1. The Kier molecular flexibility index (Phi) is 2.01. The zero-order chi connectivity index (χ0) is 10.1. The van der Waals surface area contributed by atoms with Crippen molar-refractivity contribution in [1.82, 2.24) is 15.2 Å². The summed E-state index contributed by atoms with van der Waals surface area (Å²) in [6, 6.07) is 4.94. The molecule has 0 spiro atoms. The average molecular weight is 210 g/mol. The van der Waals surface area contributed by atoms with E-state index in [0.717, 1.165) is 0 Å². The Balaban J connectivity index is 2.73. The molecule has 0 amide bonds.